The molecule has 5 rings (SSSR count). The average Bonchev–Trinajstić information content (AvgIpc) is 3.35. The lowest BCUT2D eigenvalue weighted by Crippen LogP contribution is -2.48. The molecule has 1 fully saturated rings. The number of fused-ring (bicyclic) bond motifs is 2. The van der Waals surface area contributed by atoms with E-state index in [2.05, 4.69) is 18.7 Å². The maximum absolute atomic E-state index is 13.9. The van der Waals surface area contributed by atoms with E-state index in [1.165, 1.54) is 27.8 Å². The predicted octanol–water partition coefficient (Wildman–Crippen LogP) is 3.85. The fraction of sp³-hybridized carbons (Fsp3) is 0.500. The summed E-state index contributed by atoms with van der Waals surface area (Å²) in [5.74, 6) is 1.09. The van der Waals surface area contributed by atoms with Crippen molar-refractivity contribution in [3.05, 3.63) is 42.0 Å². The number of rotatable bonds is 9. The summed E-state index contributed by atoms with van der Waals surface area (Å²) in [6.07, 6.45) is -0.368. The molecule has 0 N–H and O–H groups in total. The normalized spacial score (nSPS) is 19.7. The van der Waals surface area contributed by atoms with Crippen molar-refractivity contribution >= 4 is 42.6 Å². The van der Waals surface area contributed by atoms with Crippen LogP contribution in [0, 0.1) is 0 Å². The molecule has 3 aromatic rings. The van der Waals surface area contributed by atoms with Gasteiger partial charge in [-0.1, -0.05) is 25.2 Å². The zero-order valence-corrected chi connectivity index (χ0v) is 25.0. The van der Waals surface area contributed by atoms with E-state index < -0.39 is 10.0 Å². The first-order valence-electron chi connectivity index (χ1n) is 13.7. The Morgan fingerprint density at radius 2 is 1.62 bits per heavy atom. The van der Waals surface area contributed by atoms with Gasteiger partial charge in [0.05, 0.1) is 27.3 Å². The summed E-state index contributed by atoms with van der Waals surface area (Å²) in [6.45, 7) is 12.3. The average molecular weight is 589 g/mol. The standard InChI is InChI=1S/C28H36N4O6S2/c1-5-30(6-2)11-12-32(28-29-23-15-24-25(16-26(23)39-28)37-14-13-36-24)27(33)21-7-9-22(10-8-21)40(34,35)31-17-19(3)38-20(4)18-31/h7-10,15-16,19-20H,5-6,11-14,17-18H2,1-4H3. The van der Waals surface area contributed by atoms with Crippen LogP contribution in [0.5, 0.6) is 11.5 Å². The molecule has 1 saturated heterocycles. The highest BCUT2D eigenvalue weighted by Gasteiger charge is 2.32. The van der Waals surface area contributed by atoms with E-state index in [4.69, 9.17) is 19.2 Å². The molecule has 0 saturated carbocycles. The van der Waals surface area contributed by atoms with Gasteiger partial charge in [-0.15, -0.1) is 0 Å². The van der Waals surface area contributed by atoms with Crippen molar-refractivity contribution < 1.29 is 27.4 Å². The largest absolute Gasteiger partial charge is 0.486 e. The van der Waals surface area contributed by atoms with Crippen molar-refractivity contribution in [2.75, 3.05) is 57.4 Å². The highest BCUT2D eigenvalue weighted by molar-refractivity contribution is 7.89. The van der Waals surface area contributed by atoms with E-state index in [0.29, 0.717) is 61.6 Å². The van der Waals surface area contributed by atoms with Crippen molar-refractivity contribution in [3.8, 4) is 11.5 Å². The Morgan fingerprint density at radius 3 is 2.25 bits per heavy atom. The van der Waals surface area contributed by atoms with Gasteiger partial charge >= 0.3 is 0 Å². The van der Waals surface area contributed by atoms with Crippen LogP contribution < -0.4 is 14.4 Å². The molecule has 0 spiro atoms. The van der Waals surface area contributed by atoms with Crippen LogP contribution in [0.1, 0.15) is 38.1 Å². The van der Waals surface area contributed by atoms with Crippen LogP contribution in [0.25, 0.3) is 10.2 Å². The summed E-state index contributed by atoms with van der Waals surface area (Å²) in [6, 6.07) is 9.95. The number of aromatic nitrogens is 1. The van der Waals surface area contributed by atoms with E-state index >= 15 is 0 Å². The fourth-order valence-corrected chi connectivity index (χ4v) is 7.63. The molecule has 2 aliphatic heterocycles. The number of hydrogen-bond acceptors (Lipinski definition) is 9. The van der Waals surface area contributed by atoms with E-state index in [1.807, 2.05) is 26.0 Å². The molecular formula is C28H36N4O6S2. The number of anilines is 1. The van der Waals surface area contributed by atoms with Crippen molar-refractivity contribution in [2.45, 2.75) is 44.8 Å². The topological polar surface area (TPSA) is 102 Å². The van der Waals surface area contributed by atoms with Crippen molar-refractivity contribution in [3.63, 3.8) is 0 Å². The molecule has 2 atom stereocenters. The molecule has 12 heteroatoms. The fourth-order valence-electron chi connectivity index (χ4n) is 5.03. The summed E-state index contributed by atoms with van der Waals surface area (Å²) >= 11 is 1.42. The summed E-state index contributed by atoms with van der Waals surface area (Å²) in [4.78, 5) is 22.7. The lowest BCUT2D eigenvalue weighted by atomic mass is 10.2. The minimum Gasteiger partial charge on any atom is -0.486 e. The van der Waals surface area contributed by atoms with Crippen LogP contribution in [-0.4, -0.2) is 93.2 Å². The van der Waals surface area contributed by atoms with Gasteiger partial charge in [0.15, 0.2) is 16.6 Å². The van der Waals surface area contributed by atoms with Gasteiger partial charge in [0.25, 0.3) is 5.91 Å². The smallest absolute Gasteiger partial charge is 0.260 e. The second kappa shape index (κ2) is 12.0. The number of hydrogen-bond donors (Lipinski definition) is 0. The Morgan fingerprint density at radius 1 is 1.00 bits per heavy atom. The lowest BCUT2D eigenvalue weighted by Gasteiger charge is -2.34. The highest BCUT2D eigenvalue weighted by Crippen LogP contribution is 2.39. The van der Waals surface area contributed by atoms with Gasteiger partial charge in [0, 0.05) is 43.9 Å². The molecular weight excluding hydrogens is 552 g/mol. The molecule has 1 aromatic heterocycles. The van der Waals surface area contributed by atoms with Crippen LogP contribution >= 0.6 is 11.3 Å². The summed E-state index contributed by atoms with van der Waals surface area (Å²) in [7, 11) is -3.71. The zero-order chi connectivity index (χ0) is 28.4. The molecule has 0 radical (unpaired) electrons. The van der Waals surface area contributed by atoms with Crippen molar-refractivity contribution in [1.29, 1.82) is 0 Å². The monoisotopic (exact) mass is 588 g/mol. The van der Waals surface area contributed by atoms with Gasteiger partial charge in [-0.3, -0.25) is 9.69 Å². The molecule has 2 aliphatic rings. The second-order valence-electron chi connectivity index (χ2n) is 10.0. The molecule has 3 heterocycles. The number of ether oxygens (including phenoxy) is 3. The lowest BCUT2D eigenvalue weighted by molar-refractivity contribution is -0.0440. The van der Waals surface area contributed by atoms with E-state index in [-0.39, 0.29) is 23.0 Å². The molecule has 40 heavy (non-hydrogen) atoms. The summed E-state index contributed by atoms with van der Waals surface area (Å²) < 4.78 is 46.1. The van der Waals surface area contributed by atoms with Crippen molar-refractivity contribution in [1.82, 2.24) is 14.2 Å². The van der Waals surface area contributed by atoms with E-state index in [9.17, 15) is 13.2 Å². The van der Waals surface area contributed by atoms with Crippen LogP contribution in [-0.2, 0) is 14.8 Å². The quantitative estimate of drug-likeness (QED) is 0.372. The Kier molecular flexibility index (Phi) is 8.62. The number of thiazole rings is 1. The zero-order valence-electron chi connectivity index (χ0n) is 23.3. The third kappa shape index (κ3) is 5.96. The molecule has 0 aliphatic carbocycles. The summed E-state index contributed by atoms with van der Waals surface area (Å²) in [5.41, 5.74) is 1.13. The first-order chi connectivity index (χ1) is 19.2. The molecule has 2 unspecified atom stereocenters. The van der Waals surface area contributed by atoms with Gasteiger partial charge in [0.1, 0.15) is 13.2 Å². The second-order valence-corrected chi connectivity index (χ2v) is 13.0. The third-order valence-corrected chi connectivity index (χ3v) is 10.1. The first-order valence-corrected chi connectivity index (χ1v) is 15.9. The number of benzene rings is 2. The maximum atomic E-state index is 13.9. The first kappa shape index (κ1) is 28.7. The minimum absolute atomic E-state index is 0.158. The van der Waals surface area contributed by atoms with Crippen LogP contribution in [0.15, 0.2) is 41.3 Å². The number of carbonyl (C=O) groups excluding carboxylic acids is 1. The highest BCUT2D eigenvalue weighted by atomic mass is 32.2. The molecule has 10 nitrogen and oxygen atoms in total. The minimum atomic E-state index is -3.71. The Hall–Kier alpha value is -2.77. The molecule has 216 valence electrons. The van der Waals surface area contributed by atoms with Crippen molar-refractivity contribution in [2.24, 2.45) is 0 Å². The van der Waals surface area contributed by atoms with Gasteiger partial charge in [-0.25, -0.2) is 13.4 Å². The molecule has 2 aromatic carbocycles. The van der Waals surface area contributed by atoms with Gasteiger partial charge in [-0.05, 0) is 51.2 Å². The molecule has 0 bridgehead atoms. The van der Waals surface area contributed by atoms with E-state index in [1.54, 1.807) is 17.0 Å². The van der Waals surface area contributed by atoms with Crippen LogP contribution in [0.4, 0.5) is 5.13 Å². The Bertz CT molecular complexity index is 1400. The predicted molar refractivity (Wildman–Crippen MR) is 155 cm³/mol. The van der Waals surface area contributed by atoms with Gasteiger partial charge in [0.2, 0.25) is 10.0 Å². The molecule has 1 amide bonds. The maximum Gasteiger partial charge on any atom is 0.260 e. The number of sulfonamides is 1. The third-order valence-electron chi connectivity index (χ3n) is 7.18. The number of carbonyl (C=O) groups is 1. The number of morpholine rings is 1. The van der Waals surface area contributed by atoms with Crippen LogP contribution in [0.3, 0.4) is 0 Å². The number of amides is 1. The van der Waals surface area contributed by atoms with Gasteiger partial charge in [-0.2, -0.15) is 4.31 Å². The number of nitrogens with zero attached hydrogens (tertiary/aromatic N) is 4. The SMILES string of the molecule is CCN(CC)CCN(C(=O)c1ccc(S(=O)(=O)N2CC(C)OC(C)C2)cc1)c1nc2cc3c(cc2s1)OCCO3. The number of likely N-dealkylation sites (N-methyl/N-ethyl adjacent to an activating group) is 1. The van der Waals surface area contributed by atoms with Gasteiger partial charge < -0.3 is 19.1 Å². The Labute approximate surface area is 239 Å². The van der Waals surface area contributed by atoms with E-state index in [0.717, 1.165) is 23.3 Å². The van der Waals surface area contributed by atoms with Crippen LogP contribution in [0.2, 0.25) is 0 Å². The Balaban J connectivity index is 1.43. The summed E-state index contributed by atoms with van der Waals surface area (Å²) in [5, 5.41) is 0.572.